The highest BCUT2D eigenvalue weighted by molar-refractivity contribution is 7.21. The number of aromatic nitrogens is 1. The molecule has 27 heavy (non-hydrogen) atoms. The number of hydrogen-bond acceptors (Lipinski definition) is 5. The second-order valence-electron chi connectivity index (χ2n) is 6.80. The number of nitrogens with zero attached hydrogens (tertiary/aromatic N) is 2. The number of para-hydroxylation sites is 1. The molecule has 0 saturated carbocycles. The van der Waals surface area contributed by atoms with Gasteiger partial charge in [-0.05, 0) is 25.1 Å². The van der Waals surface area contributed by atoms with Crippen molar-refractivity contribution >= 4 is 38.2 Å². The SMILES string of the molecule is Cn1c(=O)c2cc(C(=O)NCCCN3CCOCC3)sc2c2ccccc21. The number of benzene rings is 1. The Hall–Kier alpha value is -2.22. The molecule has 3 aromatic rings. The Morgan fingerprint density at radius 3 is 2.81 bits per heavy atom. The first kappa shape index (κ1) is 18.2. The zero-order chi connectivity index (χ0) is 18.8. The van der Waals surface area contributed by atoms with E-state index in [0.717, 1.165) is 54.9 Å². The van der Waals surface area contributed by atoms with Crippen LogP contribution >= 0.6 is 11.3 Å². The van der Waals surface area contributed by atoms with Gasteiger partial charge in [-0.2, -0.15) is 0 Å². The normalized spacial score (nSPS) is 15.4. The number of hydrogen-bond donors (Lipinski definition) is 1. The molecule has 0 unspecified atom stereocenters. The highest BCUT2D eigenvalue weighted by atomic mass is 32.1. The second kappa shape index (κ2) is 7.80. The van der Waals surface area contributed by atoms with Gasteiger partial charge >= 0.3 is 0 Å². The van der Waals surface area contributed by atoms with Gasteiger partial charge in [0.05, 0.1) is 29.0 Å². The average molecular weight is 385 g/mol. The molecule has 1 N–H and O–H groups in total. The number of fused-ring (bicyclic) bond motifs is 3. The lowest BCUT2D eigenvalue weighted by atomic mass is 10.2. The van der Waals surface area contributed by atoms with E-state index in [1.165, 1.54) is 11.3 Å². The summed E-state index contributed by atoms with van der Waals surface area (Å²) in [6.07, 6.45) is 0.904. The van der Waals surface area contributed by atoms with Crippen LogP contribution in [0.15, 0.2) is 35.1 Å². The number of pyridine rings is 1. The Kier molecular flexibility index (Phi) is 5.24. The predicted octanol–water partition coefficient (Wildman–Crippen LogP) is 2.21. The van der Waals surface area contributed by atoms with Gasteiger partial charge < -0.3 is 14.6 Å². The van der Waals surface area contributed by atoms with E-state index in [1.54, 1.807) is 17.7 Å². The van der Waals surface area contributed by atoms with Gasteiger partial charge in [-0.25, -0.2) is 0 Å². The number of carbonyl (C=O) groups is 1. The van der Waals surface area contributed by atoms with Gasteiger partial charge in [-0.15, -0.1) is 11.3 Å². The van der Waals surface area contributed by atoms with Gasteiger partial charge in [0.1, 0.15) is 0 Å². The summed E-state index contributed by atoms with van der Waals surface area (Å²) in [4.78, 5) is 28.1. The molecule has 1 aliphatic rings. The van der Waals surface area contributed by atoms with Gasteiger partial charge in [0, 0.05) is 36.8 Å². The molecule has 0 radical (unpaired) electrons. The van der Waals surface area contributed by atoms with Gasteiger partial charge in [0.2, 0.25) is 0 Å². The van der Waals surface area contributed by atoms with Crippen LogP contribution in [0, 0.1) is 0 Å². The third kappa shape index (κ3) is 3.63. The Morgan fingerprint density at radius 1 is 1.22 bits per heavy atom. The van der Waals surface area contributed by atoms with Crippen molar-refractivity contribution in [3.05, 3.63) is 45.6 Å². The molecule has 0 bridgehead atoms. The average Bonchev–Trinajstić information content (AvgIpc) is 3.16. The van der Waals surface area contributed by atoms with Crippen LogP contribution in [0.1, 0.15) is 16.1 Å². The summed E-state index contributed by atoms with van der Waals surface area (Å²) < 4.78 is 7.87. The molecule has 2 aromatic heterocycles. The molecule has 142 valence electrons. The zero-order valence-electron chi connectivity index (χ0n) is 15.4. The number of carbonyl (C=O) groups excluding carboxylic acids is 1. The number of nitrogens with one attached hydrogen (secondary N) is 1. The summed E-state index contributed by atoms with van der Waals surface area (Å²) >= 11 is 1.39. The van der Waals surface area contributed by atoms with Crippen LogP contribution in [-0.2, 0) is 11.8 Å². The number of morpholine rings is 1. The van der Waals surface area contributed by atoms with Crippen LogP contribution in [0.3, 0.4) is 0 Å². The van der Waals surface area contributed by atoms with E-state index in [0.29, 0.717) is 16.8 Å². The van der Waals surface area contributed by atoms with Crippen molar-refractivity contribution in [2.24, 2.45) is 7.05 Å². The number of ether oxygens (including phenoxy) is 1. The van der Waals surface area contributed by atoms with Crippen LogP contribution in [0.25, 0.3) is 21.0 Å². The van der Waals surface area contributed by atoms with Crippen LogP contribution in [0.2, 0.25) is 0 Å². The number of rotatable bonds is 5. The molecule has 4 rings (SSSR count). The third-order valence-electron chi connectivity index (χ3n) is 5.04. The highest BCUT2D eigenvalue weighted by Gasteiger charge is 2.16. The summed E-state index contributed by atoms with van der Waals surface area (Å²) in [5, 5.41) is 4.60. The molecule has 1 amide bonds. The number of thiophene rings is 1. The fourth-order valence-corrected chi connectivity index (χ4v) is 4.63. The maximum absolute atomic E-state index is 12.6. The Bertz CT molecular complexity index is 1030. The molecular formula is C20H23N3O3S. The van der Waals surface area contributed by atoms with Crippen LogP contribution < -0.4 is 10.9 Å². The molecule has 0 spiro atoms. The van der Waals surface area contributed by atoms with E-state index in [4.69, 9.17) is 4.74 Å². The second-order valence-corrected chi connectivity index (χ2v) is 7.85. The van der Waals surface area contributed by atoms with Crippen LogP contribution in [0.4, 0.5) is 0 Å². The Morgan fingerprint density at radius 2 is 2.00 bits per heavy atom. The van der Waals surface area contributed by atoms with Gasteiger partial charge in [0.15, 0.2) is 0 Å². The molecule has 1 fully saturated rings. The molecule has 0 aliphatic carbocycles. The summed E-state index contributed by atoms with van der Waals surface area (Å²) in [5.74, 6) is -0.107. The molecule has 1 saturated heterocycles. The minimum absolute atomic E-state index is 0.0636. The molecule has 7 heteroatoms. The Balaban J connectivity index is 1.48. The highest BCUT2D eigenvalue weighted by Crippen LogP contribution is 2.30. The first-order valence-corrected chi connectivity index (χ1v) is 10.1. The number of amides is 1. The first-order valence-electron chi connectivity index (χ1n) is 9.25. The summed E-state index contributed by atoms with van der Waals surface area (Å²) in [6, 6.07) is 9.53. The van der Waals surface area contributed by atoms with Crippen molar-refractivity contribution in [3.63, 3.8) is 0 Å². The van der Waals surface area contributed by atoms with Gasteiger partial charge in [0.25, 0.3) is 11.5 Å². The summed E-state index contributed by atoms with van der Waals surface area (Å²) in [7, 11) is 1.77. The largest absolute Gasteiger partial charge is 0.379 e. The standard InChI is InChI=1S/C20H23N3O3S/c1-22-16-6-3-2-5-14(16)18-15(20(22)25)13-17(27-18)19(24)21-7-4-8-23-9-11-26-12-10-23/h2-3,5-6,13H,4,7-12H2,1H3,(H,21,24). The van der Waals surface area contributed by atoms with Gasteiger partial charge in [-0.3, -0.25) is 14.5 Å². The maximum atomic E-state index is 12.6. The van der Waals surface area contributed by atoms with Crippen molar-refractivity contribution in [3.8, 4) is 0 Å². The maximum Gasteiger partial charge on any atom is 0.261 e. The fourth-order valence-electron chi connectivity index (χ4n) is 3.53. The van der Waals surface area contributed by atoms with E-state index >= 15 is 0 Å². The van der Waals surface area contributed by atoms with Crippen molar-refractivity contribution in [2.45, 2.75) is 6.42 Å². The van der Waals surface area contributed by atoms with Crippen molar-refractivity contribution in [1.82, 2.24) is 14.8 Å². The van der Waals surface area contributed by atoms with Crippen LogP contribution in [-0.4, -0.2) is 54.8 Å². The molecule has 6 nitrogen and oxygen atoms in total. The third-order valence-corrected chi connectivity index (χ3v) is 6.21. The lowest BCUT2D eigenvalue weighted by Gasteiger charge is -2.26. The van der Waals surface area contributed by atoms with Crippen molar-refractivity contribution < 1.29 is 9.53 Å². The first-order chi connectivity index (χ1) is 13.1. The van der Waals surface area contributed by atoms with E-state index in [9.17, 15) is 9.59 Å². The Labute approximate surface area is 161 Å². The monoisotopic (exact) mass is 385 g/mol. The van der Waals surface area contributed by atoms with E-state index in [2.05, 4.69) is 10.2 Å². The summed E-state index contributed by atoms with van der Waals surface area (Å²) in [6.45, 7) is 5.08. The molecule has 1 aliphatic heterocycles. The topological polar surface area (TPSA) is 63.6 Å². The van der Waals surface area contributed by atoms with E-state index < -0.39 is 0 Å². The smallest absolute Gasteiger partial charge is 0.261 e. The predicted molar refractivity (Wildman–Crippen MR) is 109 cm³/mol. The van der Waals surface area contributed by atoms with Crippen molar-refractivity contribution in [1.29, 1.82) is 0 Å². The number of aryl methyl sites for hydroxylation is 1. The quantitative estimate of drug-likeness (QED) is 0.684. The van der Waals surface area contributed by atoms with E-state index in [-0.39, 0.29) is 11.5 Å². The lowest BCUT2D eigenvalue weighted by molar-refractivity contribution is 0.0374. The van der Waals surface area contributed by atoms with Crippen LogP contribution in [0.5, 0.6) is 0 Å². The molecule has 1 aromatic carbocycles. The molecular weight excluding hydrogens is 362 g/mol. The van der Waals surface area contributed by atoms with Crippen molar-refractivity contribution in [2.75, 3.05) is 39.4 Å². The zero-order valence-corrected chi connectivity index (χ0v) is 16.2. The van der Waals surface area contributed by atoms with Gasteiger partial charge in [-0.1, -0.05) is 18.2 Å². The molecule has 0 atom stereocenters. The minimum atomic E-state index is -0.107. The minimum Gasteiger partial charge on any atom is -0.379 e. The summed E-state index contributed by atoms with van der Waals surface area (Å²) in [5.41, 5.74) is 0.820. The molecule has 3 heterocycles. The lowest BCUT2D eigenvalue weighted by Crippen LogP contribution is -2.38. The fraction of sp³-hybridized carbons (Fsp3) is 0.400. The van der Waals surface area contributed by atoms with E-state index in [1.807, 2.05) is 24.3 Å².